The molecule has 0 fully saturated rings. The Balaban J connectivity index is 2.18. The van der Waals surface area contributed by atoms with Crippen LogP contribution in [0.3, 0.4) is 0 Å². The van der Waals surface area contributed by atoms with E-state index in [2.05, 4.69) is 5.32 Å². The fourth-order valence-corrected chi connectivity index (χ4v) is 4.66. The van der Waals surface area contributed by atoms with Crippen molar-refractivity contribution >= 4 is 39.1 Å². The number of methoxy groups -OCH3 is 1. The highest BCUT2D eigenvalue weighted by Gasteiger charge is 2.27. The minimum atomic E-state index is -3.56. The highest BCUT2D eigenvalue weighted by Crippen LogP contribution is 2.22. The lowest BCUT2D eigenvalue weighted by Gasteiger charge is -2.30. The van der Waals surface area contributed by atoms with Crippen molar-refractivity contribution < 1.29 is 22.7 Å². The monoisotopic (exact) mass is 523 g/mol. The molecule has 0 aliphatic rings. The number of sulfonamides is 1. The Labute approximate surface area is 213 Å². The van der Waals surface area contributed by atoms with Crippen molar-refractivity contribution in [2.45, 2.75) is 52.2 Å². The summed E-state index contributed by atoms with van der Waals surface area (Å²) >= 11 is 5.92. The standard InChI is InChI=1S/C25H34ClN3O5S/c1-18(2)27-25(31)19(3)28(17-20-8-6-9-23(16-20)34-4)24(30)10-7-15-29(35(5,32)33)22-13-11-21(26)12-14-22/h6,8-9,11-14,16,18-19H,7,10,15,17H2,1-5H3,(H,27,31)/t19-/m0/s1. The molecule has 2 rings (SSSR count). The third-order valence-electron chi connectivity index (χ3n) is 5.35. The number of anilines is 1. The number of hydrogen-bond donors (Lipinski definition) is 1. The van der Waals surface area contributed by atoms with Crippen molar-refractivity contribution in [1.29, 1.82) is 0 Å². The quantitative estimate of drug-likeness (QED) is 0.456. The Hall–Kier alpha value is -2.78. The zero-order valence-electron chi connectivity index (χ0n) is 20.8. The van der Waals surface area contributed by atoms with E-state index in [1.807, 2.05) is 32.0 Å². The maximum Gasteiger partial charge on any atom is 0.242 e. The lowest BCUT2D eigenvalue weighted by atomic mass is 10.1. The molecule has 1 atom stereocenters. The van der Waals surface area contributed by atoms with Gasteiger partial charge in [-0.3, -0.25) is 13.9 Å². The van der Waals surface area contributed by atoms with Crippen molar-refractivity contribution in [3.05, 3.63) is 59.1 Å². The Morgan fingerprint density at radius 3 is 2.31 bits per heavy atom. The maximum atomic E-state index is 13.3. The van der Waals surface area contributed by atoms with E-state index < -0.39 is 16.1 Å². The number of ether oxygens (including phenoxy) is 1. The second-order valence-corrected chi connectivity index (χ2v) is 11.0. The van der Waals surface area contributed by atoms with Crippen LogP contribution in [-0.4, -0.2) is 57.1 Å². The third kappa shape index (κ3) is 8.74. The number of carbonyl (C=O) groups excluding carboxylic acids is 2. The molecule has 0 aliphatic heterocycles. The van der Waals surface area contributed by atoms with Gasteiger partial charge in [-0.05, 0) is 69.2 Å². The van der Waals surface area contributed by atoms with Gasteiger partial charge in [0, 0.05) is 30.6 Å². The molecule has 0 radical (unpaired) electrons. The summed E-state index contributed by atoms with van der Waals surface area (Å²) in [4.78, 5) is 27.5. The predicted octanol–water partition coefficient (Wildman–Crippen LogP) is 3.84. The van der Waals surface area contributed by atoms with Gasteiger partial charge in [-0.1, -0.05) is 23.7 Å². The minimum absolute atomic E-state index is 0.0681. The molecule has 0 saturated carbocycles. The summed E-state index contributed by atoms with van der Waals surface area (Å²) in [5, 5.41) is 3.35. The first-order valence-electron chi connectivity index (χ1n) is 11.4. The summed E-state index contributed by atoms with van der Waals surface area (Å²) in [7, 11) is -2.00. The van der Waals surface area contributed by atoms with Gasteiger partial charge in [0.25, 0.3) is 0 Å². The number of rotatable bonds is 12. The van der Waals surface area contributed by atoms with Crippen LogP contribution in [-0.2, 0) is 26.2 Å². The molecule has 192 valence electrons. The number of benzene rings is 2. The highest BCUT2D eigenvalue weighted by molar-refractivity contribution is 7.92. The van der Waals surface area contributed by atoms with E-state index >= 15 is 0 Å². The number of amides is 2. The summed E-state index contributed by atoms with van der Waals surface area (Å²) in [6.45, 7) is 5.73. The summed E-state index contributed by atoms with van der Waals surface area (Å²) in [6.07, 6.45) is 1.47. The van der Waals surface area contributed by atoms with Crippen molar-refractivity contribution in [3.8, 4) is 5.75 Å². The first-order chi connectivity index (χ1) is 16.4. The van der Waals surface area contributed by atoms with Gasteiger partial charge in [0.15, 0.2) is 0 Å². The molecular formula is C25H34ClN3O5S. The largest absolute Gasteiger partial charge is 0.497 e. The van der Waals surface area contributed by atoms with Gasteiger partial charge in [0.2, 0.25) is 21.8 Å². The van der Waals surface area contributed by atoms with Crippen molar-refractivity contribution in [1.82, 2.24) is 10.2 Å². The van der Waals surface area contributed by atoms with Crippen LogP contribution in [0.5, 0.6) is 5.75 Å². The molecule has 0 heterocycles. The number of nitrogens with one attached hydrogen (secondary N) is 1. The van der Waals surface area contributed by atoms with E-state index in [9.17, 15) is 18.0 Å². The second-order valence-electron chi connectivity index (χ2n) is 8.63. The topological polar surface area (TPSA) is 96.0 Å². The van der Waals surface area contributed by atoms with Crippen LogP contribution in [0.4, 0.5) is 5.69 Å². The normalized spacial score (nSPS) is 12.2. The summed E-state index contributed by atoms with van der Waals surface area (Å²) in [6, 6.07) is 13.0. The minimum Gasteiger partial charge on any atom is -0.497 e. The van der Waals surface area contributed by atoms with Crippen LogP contribution >= 0.6 is 11.6 Å². The molecule has 0 unspecified atom stereocenters. The first-order valence-corrected chi connectivity index (χ1v) is 13.6. The number of carbonyl (C=O) groups is 2. The van der Waals surface area contributed by atoms with Gasteiger partial charge in [-0.25, -0.2) is 8.42 Å². The molecule has 2 aromatic carbocycles. The SMILES string of the molecule is COc1cccc(CN(C(=O)CCCN(c2ccc(Cl)cc2)S(C)(=O)=O)[C@@H](C)C(=O)NC(C)C)c1. The Bertz CT molecular complexity index is 1110. The van der Waals surface area contributed by atoms with Crippen molar-refractivity contribution in [2.24, 2.45) is 0 Å². The molecular weight excluding hydrogens is 490 g/mol. The van der Waals surface area contributed by atoms with Gasteiger partial charge >= 0.3 is 0 Å². The fraction of sp³-hybridized carbons (Fsp3) is 0.440. The molecule has 8 nitrogen and oxygen atoms in total. The Kier molecular flexibility index (Phi) is 10.4. The van der Waals surface area contributed by atoms with Crippen LogP contribution in [0.1, 0.15) is 39.2 Å². The molecule has 0 spiro atoms. The molecule has 1 N–H and O–H groups in total. The van der Waals surface area contributed by atoms with Crippen molar-refractivity contribution in [3.63, 3.8) is 0 Å². The van der Waals surface area contributed by atoms with E-state index in [4.69, 9.17) is 16.3 Å². The number of halogens is 1. The van der Waals surface area contributed by atoms with Crippen LogP contribution in [0, 0.1) is 0 Å². The average molecular weight is 524 g/mol. The Morgan fingerprint density at radius 2 is 1.74 bits per heavy atom. The van der Waals surface area contributed by atoms with E-state index in [-0.39, 0.29) is 43.8 Å². The summed E-state index contributed by atoms with van der Waals surface area (Å²) in [5.74, 6) is 0.153. The zero-order chi connectivity index (χ0) is 26.2. The predicted molar refractivity (Wildman–Crippen MR) is 139 cm³/mol. The highest BCUT2D eigenvalue weighted by atomic mass is 35.5. The van der Waals surface area contributed by atoms with E-state index in [0.29, 0.717) is 16.5 Å². The molecule has 0 aromatic heterocycles. The summed E-state index contributed by atoms with van der Waals surface area (Å²) in [5.41, 5.74) is 1.29. The molecule has 35 heavy (non-hydrogen) atoms. The lowest BCUT2D eigenvalue weighted by Crippen LogP contribution is -2.49. The van der Waals surface area contributed by atoms with Crippen LogP contribution in [0.25, 0.3) is 0 Å². The molecule has 2 amide bonds. The zero-order valence-corrected chi connectivity index (χ0v) is 22.4. The van der Waals surface area contributed by atoms with Crippen molar-refractivity contribution in [2.75, 3.05) is 24.2 Å². The molecule has 0 saturated heterocycles. The lowest BCUT2D eigenvalue weighted by molar-refractivity contribution is -0.140. The smallest absolute Gasteiger partial charge is 0.242 e. The van der Waals surface area contributed by atoms with Gasteiger partial charge in [0.05, 0.1) is 19.1 Å². The van der Waals surface area contributed by atoms with Gasteiger partial charge < -0.3 is 15.0 Å². The first kappa shape index (κ1) is 28.5. The van der Waals surface area contributed by atoms with Gasteiger partial charge in [0.1, 0.15) is 11.8 Å². The number of hydrogen-bond acceptors (Lipinski definition) is 5. The number of nitrogens with zero attached hydrogens (tertiary/aromatic N) is 2. The van der Waals surface area contributed by atoms with E-state index in [1.165, 1.54) is 9.21 Å². The van der Waals surface area contributed by atoms with Crippen LogP contribution in [0.2, 0.25) is 5.02 Å². The third-order valence-corrected chi connectivity index (χ3v) is 6.80. The average Bonchev–Trinajstić information content (AvgIpc) is 2.79. The van der Waals surface area contributed by atoms with Gasteiger partial charge in [-0.15, -0.1) is 0 Å². The second kappa shape index (κ2) is 12.8. The molecule has 10 heteroatoms. The molecule has 2 aromatic rings. The summed E-state index contributed by atoms with van der Waals surface area (Å²) < 4.78 is 31.2. The van der Waals surface area contributed by atoms with Crippen LogP contribution in [0.15, 0.2) is 48.5 Å². The van der Waals surface area contributed by atoms with Gasteiger partial charge in [-0.2, -0.15) is 0 Å². The van der Waals surface area contributed by atoms with E-state index in [1.54, 1.807) is 44.4 Å². The molecule has 0 bridgehead atoms. The Morgan fingerprint density at radius 1 is 1.09 bits per heavy atom. The van der Waals surface area contributed by atoms with E-state index in [0.717, 1.165) is 11.8 Å². The maximum absolute atomic E-state index is 13.3. The molecule has 0 aliphatic carbocycles. The fourth-order valence-electron chi connectivity index (χ4n) is 3.57. The van der Waals surface area contributed by atoms with Crippen LogP contribution < -0.4 is 14.4 Å².